The summed E-state index contributed by atoms with van der Waals surface area (Å²) in [6.45, 7) is 0. The van der Waals surface area contributed by atoms with Crippen LogP contribution in [0.15, 0.2) is 30.5 Å². The summed E-state index contributed by atoms with van der Waals surface area (Å²) < 4.78 is 1.88. The fourth-order valence-electron chi connectivity index (χ4n) is 1.50. The Kier molecular flexibility index (Phi) is 1.96. The smallest absolute Gasteiger partial charge is 0.230 e. The van der Waals surface area contributed by atoms with Crippen molar-refractivity contribution in [2.75, 3.05) is 0 Å². The molecular weight excluding hydrogens is 230 g/mol. The molecule has 1 heterocycles. The van der Waals surface area contributed by atoms with Gasteiger partial charge >= 0.3 is 0 Å². The number of hydrogen-bond donors (Lipinski definition) is 0. The Morgan fingerprint density at radius 2 is 2.08 bits per heavy atom. The van der Waals surface area contributed by atoms with Crippen molar-refractivity contribution >= 4 is 31.5 Å². The third kappa shape index (κ3) is 1.29. The predicted molar refractivity (Wildman–Crippen MR) is 56.2 cm³/mol. The predicted octanol–water partition coefficient (Wildman–Crippen LogP) is 2.71. The highest BCUT2D eigenvalue weighted by Crippen LogP contribution is 2.21. The zero-order chi connectivity index (χ0) is 9.42. The van der Waals surface area contributed by atoms with Gasteiger partial charge in [-0.15, -0.1) is 0 Å². The summed E-state index contributed by atoms with van der Waals surface area (Å²) >= 11 is 2.96. The molecule has 0 saturated carbocycles. The van der Waals surface area contributed by atoms with Crippen molar-refractivity contribution in [2.45, 2.75) is 0 Å². The largest absolute Gasteiger partial charge is 0.350 e. The van der Waals surface area contributed by atoms with Crippen LogP contribution < -0.4 is 0 Å². The second kappa shape index (κ2) is 3.00. The number of fused-ring (bicyclic) bond motifs is 1. The molecule has 0 fully saturated rings. The van der Waals surface area contributed by atoms with E-state index in [4.69, 9.17) is 0 Å². The molecule has 0 atom stereocenters. The molecule has 0 aliphatic heterocycles. The molecule has 2 nitrogen and oxygen atoms in total. The van der Waals surface area contributed by atoms with E-state index in [0.717, 1.165) is 16.5 Å². The van der Waals surface area contributed by atoms with E-state index >= 15 is 0 Å². The SMILES string of the molecule is Cn1cc(C(=O)Br)c2ccccc21. The number of rotatable bonds is 1. The highest BCUT2D eigenvalue weighted by molar-refractivity contribution is 9.18. The van der Waals surface area contributed by atoms with E-state index in [2.05, 4.69) is 15.9 Å². The van der Waals surface area contributed by atoms with Gasteiger partial charge in [0.15, 0.2) is 0 Å². The van der Waals surface area contributed by atoms with Gasteiger partial charge in [0.1, 0.15) is 0 Å². The molecule has 0 amide bonds. The molecular formula is C10H8BrNO. The van der Waals surface area contributed by atoms with Gasteiger partial charge in [0.2, 0.25) is 4.69 Å². The average molecular weight is 238 g/mol. The summed E-state index contributed by atoms with van der Waals surface area (Å²) in [7, 11) is 1.93. The number of aromatic nitrogens is 1. The van der Waals surface area contributed by atoms with Crippen molar-refractivity contribution < 1.29 is 4.79 Å². The first kappa shape index (κ1) is 8.51. The van der Waals surface area contributed by atoms with Gasteiger partial charge in [-0.2, -0.15) is 0 Å². The topological polar surface area (TPSA) is 22.0 Å². The van der Waals surface area contributed by atoms with Crippen LogP contribution in [0.3, 0.4) is 0 Å². The number of carbonyl (C=O) groups excluding carboxylic acids is 1. The summed E-state index contributed by atoms with van der Waals surface area (Å²) in [5.74, 6) is 0. The van der Waals surface area contributed by atoms with Crippen LogP contribution in [0.2, 0.25) is 0 Å². The number of aryl methyl sites for hydroxylation is 1. The summed E-state index contributed by atoms with van der Waals surface area (Å²) in [6.07, 6.45) is 1.84. The molecule has 0 N–H and O–H groups in total. The Balaban J connectivity index is 2.85. The highest BCUT2D eigenvalue weighted by Gasteiger charge is 2.09. The molecule has 0 aliphatic carbocycles. The Morgan fingerprint density at radius 1 is 1.38 bits per heavy atom. The Morgan fingerprint density at radius 3 is 2.77 bits per heavy atom. The molecule has 0 aliphatic rings. The van der Waals surface area contributed by atoms with Gasteiger partial charge in [0, 0.05) is 24.1 Å². The van der Waals surface area contributed by atoms with E-state index in [0.29, 0.717) is 0 Å². The zero-order valence-electron chi connectivity index (χ0n) is 7.12. The fraction of sp³-hybridized carbons (Fsp3) is 0.100. The third-order valence-electron chi connectivity index (χ3n) is 2.11. The van der Waals surface area contributed by atoms with Crippen molar-refractivity contribution in [3.63, 3.8) is 0 Å². The van der Waals surface area contributed by atoms with Crippen molar-refractivity contribution in [1.29, 1.82) is 0 Å². The Bertz CT molecular complexity index is 473. The van der Waals surface area contributed by atoms with Gasteiger partial charge in [-0.3, -0.25) is 4.79 Å². The van der Waals surface area contributed by atoms with Gasteiger partial charge in [0.25, 0.3) is 0 Å². The average Bonchev–Trinajstić information content (AvgIpc) is 2.45. The van der Waals surface area contributed by atoms with E-state index < -0.39 is 0 Å². The second-order valence-electron chi connectivity index (χ2n) is 2.94. The lowest BCUT2D eigenvalue weighted by molar-refractivity contribution is 0.109. The van der Waals surface area contributed by atoms with Crippen LogP contribution in [0.5, 0.6) is 0 Å². The van der Waals surface area contributed by atoms with Crippen LogP contribution in [0, 0.1) is 0 Å². The number of nitrogens with zero attached hydrogens (tertiary/aromatic N) is 1. The number of carbonyl (C=O) groups is 1. The first-order chi connectivity index (χ1) is 6.20. The molecule has 3 heteroatoms. The summed E-state index contributed by atoms with van der Waals surface area (Å²) in [6, 6.07) is 7.84. The lowest BCUT2D eigenvalue weighted by Crippen LogP contribution is -1.84. The first-order valence-corrected chi connectivity index (χ1v) is 4.73. The van der Waals surface area contributed by atoms with Crippen LogP contribution in [-0.2, 0) is 7.05 Å². The van der Waals surface area contributed by atoms with E-state index in [9.17, 15) is 4.79 Å². The lowest BCUT2D eigenvalue weighted by Gasteiger charge is -1.92. The number of hydrogen-bond acceptors (Lipinski definition) is 1. The number of halogens is 1. The molecule has 0 saturated heterocycles. The van der Waals surface area contributed by atoms with E-state index in [1.807, 2.05) is 42.1 Å². The minimum Gasteiger partial charge on any atom is -0.350 e. The van der Waals surface area contributed by atoms with Crippen LogP contribution in [0.1, 0.15) is 10.4 Å². The van der Waals surface area contributed by atoms with Crippen LogP contribution in [-0.4, -0.2) is 9.26 Å². The highest BCUT2D eigenvalue weighted by atomic mass is 79.9. The van der Waals surface area contributed by atoms with Crippen molar-refractivity contribution in [1.82, 2.24) is 4.57 Å². The van der Waals surface area contributed by atoms with Gasteiger partial charge in [-0.25, -0.2) is 0 Å². The minimum atomic E-state index is -0.0655. The number of benzene rings is 1. The van der Waals surface area contributed by atoms with Gasteiger partial charge in [0.05, 0.1) is 5.56 Å². The minimum absolute atomic E-state index is 0.0655. The summed E-state index contributed by atoms with van der Waals surface area (Å²) in [5.41, 5.74) is 1.79. The molecule has 0 unspecified atom stereocenters. The first-order valence-electron chi connectivity index (χ1n) is 3.94. The van der Waals surface area contributed by atoms with E-state index in [1.54, 1.807) is 0 Å². The molecule has 1 aromatic heterocycles. The molecule has 0 spiro atoms. The van der Waals surface area contributed by atoms with Crippen LogP contribution in [0.25, 0.3) is 10.9 Å². The third-order valence-corrected chi connectivity index (χ3v) is 2.54. The maximum absolute atomic E-state index is 11.2. The van der Waals surface area contributed by atoms with Crippen LogP contribution >= 0.6 is 15.9 Å². The van der Waals surface area contributed by atoms with Crippen molar-refractivity contribution in [3.05, 3.63) is 36.0 Å². The quantitative estimate of drug-likeness (QED) is 0.700. The normalized spacial score (nSPS) is 10.6. The maximum atomic E-state index is 11.2. The molecule has 1 aromatic carbocycles. The number of para-hydroxylation sites is 1. The van der Waals surface area contributed by atoms with Gasteiger partial charge in [-0.1, -0.05) is 18.2 Å². The van der Waals surface area contributed by atoms with E-state index in [-0.39, 0.29) is 4.69 Å². The molecule has 0 bridgehead atoms. The molecule has 0 radical (unpaired) electrons. The standard InChI is InChI=1S/C10H8BrNO/c1-12-6-8(10(11)13)7-4-2-3-5-9(7)12/h2-6H,1H3. The van der Waals surface area contributed by atoms with Crippen molar-refractivity contribution in [2.24, 2.45) is 7.05 Å². The zero-order valence-corrected chi connectivity index (χ0v) is 8.71. The van der Waals surface area contributed by atoms with Gasteiger partial charge in [-0.05, 0) is 22.0 Å². The summed E-state index contributed by atoms with van der Waals surface area (Å²) in [5, 5.41) is 0.992. The Labute approximate surface area is 84.3 Å². The maximum Gasteiger partial charge on any atom is 0.230 e. The molecule has 13 heavy (non-hydrogen) atoms. The monoisotopic (exact) mass is 237 g/mol. The van der Waals surface area contributed by atoms with E-state index in [1.165, 1.54) is 0 Å². The molecule has 2 rings (SSSR count). The van der Waals surface area contributed by atoms with Gasteiger partial charge < -0.3 is 4.57 Å². The van der Waals surface area contributed by atoms with Crippen LogP contribution in [0.4, 0.5) is 0 Å². The van der Waals surface area contributed by atoms with Crippen molar-refractivity contribution in [3.8, 4) is 0 Å². The molecule has 66 valence electrons. The summed E-state index contributed by atoms with van der Waals surface area (Å²) in [4.78, 5) is 11.2. The Hall–Kier alpha value is -1.09. The lowest BCUT2D eigenvalue weighted by atomic mass is 10.2. The fourth-order valence-corrected chi connectivity index (χ4v) is 1.81. The second-order valence-corrected chi connectivity index (χ2v) is 3.66. The molecule has 2 aromatic rings.